The second kappa shape index (κ2) is 2.58. The number of aryl methyl sites for hydroxylation is 1. The zero-order valence-electron chi connectivity index (χ0n) is 7.36. The van der Waals surface area contributed by atoms with E-state index in [1.54, 1.807) is 6.08 Å². The van der Waals surface area contributed by atoms with Crippen LogP contribution in [0.25, 0.3) is 17.1 Å². The van der Waals surface area contributed by atoms with Gasteiger partial charge in [-0.25, -0.2) is 9.97 Å². The molecule has 2 heterocycles. The molecular formula is C9H10N4. The molecule has 2 aromatic rings. The molecule has 0 saturated heterocycles. The van der Waals surface area contributed by atoms with Gasteiger partial charge in [-0.05, 0) is 0 Å². The van der Waals surface area contributed by atoms with E-state index in [1.165, 1.54) is 6.33 Å². The maximum Gasteiger partial charge on any atom is 0.145 e. The first-order valence-corrected chi connectivity index (χ1v) is 3.92. The minimum atomic E-state index is 0.500. The van der Waals surface area contributed by atoms with Crippen molar-refractivity contribution in [2.45, 2.75) is 0 Å². The number of nitrogen functional groups attached to an aromatic ring is 1. The fourth-order valence-electron chi connectivity index (χ4n) is 1.42. The van der Waals surface area contributed by atoms with Crippen molar-refractivity contribution in [3.8, 4) is 0 Å². The SMILES string of the molecule is C=Cc1cn(C)c2ncnc(N)c12. The van der Waals surface area contributed by atoms with Crippen LogP contribution in [-0.2, 0) is 7.05 Å². The van der Waals surface area contributed by atoms with Gasteiger partial charge in [0.1, 0.15) is 17.8 Å². The summed E-state index contributed by atoms with van der Waals surface area (Å²) < 4.78 is 1.91. The third kappa shape index (κ3) is 0.989. The highest BCUT2D eigenvalue weighted by Gasteiger charge is 2.08. The number of hydrogen-bond donors (Lipinski definition) is 1. The lowest BCUT2D eigenvalue weighted by atomic mass is 10.2. The molecule has 0 aromatic carbocycles. The van der Waals surface area contributed by atoms with Crippen molar-refractivity contribution in [3.05, 3.63) is 24.7 Å². The van der Waals surface area contributed by atoms with Crippen molar-refractivity contribution in [2.24, 2.45) is 7.05 Å². The average molecular weight is 174 g/mol. The largest absolute Gasteiger partial charge is 0.383 e. The van der Waals surface area contributed by atoms with Crippen LogP contribution in [0.2, 0.25) is 0 Å². The molecule has 0 aliphatic rings. The van der Waals surface area contributed by atoms with E-state index in [-0.39, 0.29) is 0 Å². The van der Waals surface area contributed by atoms with Crippen LogP contribution in [0.15, 0.2) is 19.1 Å². The Kier molecular flexibility index (Phi) is 1.55. The number of hydrogen-bond acceptors (Lipinski definition) is 3. The van der Waals surface area contributed by atoms with Gasteiger partial charge >= 0.3 is 0 Å². The second-order valence-electron chi connectivity index (χ2n) is 2.86. The number of rotatable bonds is 1. The molecule has 13 heavy (non-hydrogen) atoms. The monoisotopic (exact) mass is 174 g/mol. The van der Waals surface area contributed by atoms with Crippen LogP contribution in [0, 0.1) is 0 Å². The highest BCUT2D eigenvalue weighted by molar-refractivity contribution is 5.94. The lowest BCUT2D eigenvalue weighted by molar-refractivity contribution is 0.943. The molecule has 0 fully saturated rings. The summed E-state index contributed by atoms with van der Waals surface area (Å²) >= 11 is 0. The molecule has 0 radical (unpaired) electrons. The highest BCUT2D eigenvalue weighted by atomic mass is 15.0. The van der Waals surface area contributed by atoms with E-state index in [0.717, 1.165) is 16.6 Å². The Hall–Kier alpha value is -1.84. The summed E-state index contributed by atoms with van der Waals surface area (Å²) in [6.07, 6.45) is 5.15. The summed E-state index contributed by atoms with van der Waals surface area (Å²) in [6.45, 7) is 3.71. The molecule has 2 aromatic heterocycles. The highest BCUT2D eigenvalue weighted by Crippen LogP contribution is 2.23. The molecule has 4 nitrogen and oxygen atoms in total. The summed E-state index contributed by atoms with van der Waals surface area (Å²) in [5.74, 6) is 0.500. The molecule has 0 bridgehead atoms. The lowest BCUT2D eigenvalue weighted by Gasteiger charge is -1.96. The predicted octanol–water partition coefficient (Wildman–Crippen LogP) is 1.19. The van der Waals surface area contributed by atoms with Crippen LogP contribution in [0.3, 0.4) is 0 Å². The first-order valence-electron chi connectivity index (χ1n) is 3.92. The molecule has 4 heteroatoms. The van der Waals surface area contributed by atoms with Crippen LogP contribution >= 0.6 is 0 Å². The van der Waals surface area contributed by atoms with Crippen LogP contribution in [-0.4, -0.2) is 14.5 Å². The Morgan fingerprint density at radius 1 is 1.54 bits per heavy atom. The molecule has 2 rings (SSSR count). The Labute approximate surface area is 75.7 Å². The summed E-state index contributed by atoms with van der Waals surface area (Å²) in [5.41, 5.74) is 7.54. The van der Waals surface area contributed by atoms with E-state index in [9.17, 15) is 0 Å². The quantitative estimate of drug-likeness (QED) is 0.706. The van der Waals surface area contributed by atoms with E-state index in [4.69, 9.17) is 5.73 Å². The van der Waals surface area contributed by atoms with Gasteiger partial charge in [-0.1, -0.05) is 12.7 Å². The van der Waals surface area contributed by atoms with Gasteiger partial charge in [0.25, 0.3) is 0 Å². The average Bonchev–Trinajstić information content (AvgIpc) is 2.45. The van der Waals surface area contributed by atoms with Gasteiger partial charge in [0.2, 0.25) is 0 Å². The smallest absolute Gasteiger partial charge is 0.145 e. The number of fused-ring (bicyclic) bond motifs is 1. The summed E-state index contributed by atoms with van der Waals surface area (Å²) in [4.78, 5) is 8.07. The Morgan fingerprint density at radius 2 is 2.31 bits per heavy atom. The van der Waals surface area contributed by atoms with Crippen molar-refractivity contribution >= 4 is 22.9 Å². The summed E-state index contributed by atoms with van der Waals surface area (Å²) in [7, 11) is 1.92. The van der Waals surface area contributed by atoms with Crippen molar-refractivity contribution in [1.82, 2.24) is 14.5 Å². The van der Waals surface area contributed by atoms with Gasteiger partial charge in [-0.15, -0.1) is 0 Å². The normalized spacial score (nSPS) is 10.5. The topological polar surface area (TPSA) is 56.7 Å². The number of aromatic nitrogens is 3. The zero-order chi connectivity index (χ0) is 9.42. The molecule has 0 saturated carbocycles. The maximum absolute atomic E-state index is 5.73. The van der Waals surface area contributed by atoms with Crippen LogP contribution in [0.4, 0.5) is 5.82 Å². The van der Waals surface area contributed by atoms with Crippen molar-refractivity contribution in [1.29, 1.82) is 0 Å². The van der Waals surface area contributed by atoms with Crippen molar-refractivity contribution in [3.63, 3.8) is 0 Å². The maximum atomic E-state index is 5.73. The van der Waals surface area contributed by atoms with Gasteiger partial charge in [-0.2, -0.15) is 0 Å². The third-order valence-corrected chi connectivity index (χ3v) is 2.03. The summed E-state index contributed by atoms with van der Waals surface area (Å²) in [5, 5.41) is 0.875. The standard InChI is InChI=1S/C9H10N4/c1-3-6-4-13(2)9-7(6)8(10)11-5-12-9/h3-5H,1H2,2H3,(H2,10,11,12). The third-order valence-electron chi connectivity index (χ3n) is 2.03. The minimum absolute atomic E-state index is 0.500. The lowest BCUT2D eigenvalue weighted by Crippen LogP contribution is -1.94. The molecule has 0 spiro atoms. The number of anilines is 1. The Bertz CT molecular complexity index is 470. The van der Waals surface area contributed by atoms with E-state index in [1.807, 2.05) is 17.8 Å². The Balaban J connectivity index is 2.96. The summed E-state index contributed by atoms with van der Waals surface area (Å²) in [6, 6.07) is 0. The van der Waals surface area contributed by atoms with E-state index >= 15 is 0 Å². The molecule has 2 N–H and O–H groups in total. The van der Waals surface area contributed by atoms with E-state index in [2.05, 4.69) is 16.5 Å². The number of nitrogens with two attached hydrogens (primary N) is 1. The molecule has 0 aliphatic heterocycles. The van der Waals surface area contributed by atoms with Gasteiger partial charge in [0.15, 0.2) is 0 Å². The van der Waals surface area contributed by atoms with Gasteiger partial charge in [-0.3, -0.25) is 0 Å². The second-order valence-corrected chi connectivity index (χ2v) is 2.86. The van der Waals surface area contributed by atoms with Crippen molar-refractivity contribution in [2.75, 3.05) is 5.73 Å². The fraction of sp³-hybridized carbons (Fsp3) is 0.111. The molecule has 0 atom stereocenters. The number of nitrogens with zero attached hydrogens (tertiary/aromatic N) is 3. The Morgan fingerprint density at radius 3 is 3.00 bits per heavy atom. The zero-order valence-corrected chi connectivity index (χ0v) is 7.36. The van der Waals surface area contributed by atoms with Crippen LogP contribution in [0.1, 0.15) is 5.56 Å². The van der Waals surface area contributed by atoms with Gasteiger partial charge < -0.3 is 10.3 Å². The van der Waals surface area contributed by atoms with Crippen molar-refractivity contribution < 1.29 is 0 Å². The van der Waals surface area contributed by atoms with E-state index in [0.29, 0.717) is 5.82 Å². The van der Waals surface area contributed by atoms with Crippen LogP contribution < -0.4 is 5.73 Å². The molecule has 0 aliphatic carbocycles. The van der Waals surface area contributed by atoms with Gasteiger partial charge in [0.05, 0.1) is 5.39 Å². The molecular weight excluding hydrogens is 164 g/mol. The van der Waals surface area contributed by atoms with Gasteiger partial charge in [0, 0.05) is 18.8 Å². The fourth-order valence-corrected chi connectivity index (χ4v) is 1.42. The van der Waals surface area contributed by atoms with E-state index < -0.39 is 0 Å². The predicted molar refractivity (Wildman–Crippen MR) is 53.0 cm³/mol. The molecule has 0 amide bonds. The van der Waals surface area contributed by atoms with Crippen LogP contribution in [0.5, 0.6) is 0 Å². The molecule has 0 unspecified atom stereocenters. The first kappa shape index (κ1) is 7.79. The first-order chi connectivity index (χ1) is 6.24. The molecule has 66 valence electrons. The minimum Gasteiger partial charge on any atom is -0.383 e.